The van der Waals surface area contributed by atoms with Gasteiger partial charge in [0, 0.05) is 18.6 Å². The maximum Gasteiger partial charge on any atom is 0.101 e. The smallest absolute Gasteiger partial charge is 0.101 e. The minimum atomic E-state index is 0.567. The molecule has 0 bridgehead atoms. The van der Waals surface area contributed by atoms with Crippen molar-refractivity contribution in [1.82, 2.24) is 5.32 Å². The summed E-state index contributed by atoms with van der Waals surface area (Å²) in [7, 11) is 0. The monoisotopic (exact) mass is 255 g/mol. The molecule has 3 heteroatoms. The molecule has 2 atom stereocenters. The lowest BCUT2D eigenvalue weighted by Gasteiger charge is -2.32. The van der Waals surface area contributed by atoms with Gasteiger partial charge in [-0.05, 0) is 56.8 Å². The van der Waals surface area contributed by atoms with E-state index in [-0.39, 0.29) is 0 Å². The summed E-state index contributed by atoms with van der Waals surface area (Å²) in [4.78, 5) is 2.46. The lowest BCUT2D eigenvalue weighted by atomic mass is 10.0. The maximum absolute atomic E-state index is 9.36. The third-order valence-electron chi connectivity index (χ3n) is 4.44. The van der Waals surface area contributed by atoms with E-state index in [2.05, 4.69) is 28.4 Å². The van der Waals surface area contributed by atoms with Crippen LogP contribution >= 0.6 is 0 Å². The fourth-order valence-electron chi connectivity index (χ4n) is 3.54. The molecule has 2 heterocycles. The van der Waals surface area contributed by atoms with E-state index < -0.39 is 0 Å². The van der Waals surface area contributed by atoms with Crippen molar-refractivity contribution in [2.75, 3.05) is 18.0 Å². The van der Waals surface area contributed by atoms with Crippen molar-refractivity contribution in [1.29, 1.82) is 5.26 Å². The highest BCUT2D eigenvalue weighted by atomic mass is 15.2. The largest absolute Gasteiger partial charge is 0.366 e. The van der Waals surface area contributed by atoms with E-state index in [9.17, 15) is 5.26 Å². The zero-order valence-corrected chi connectivity index (χ0v) is 11.5. The molecule has 1 aromatic carbocycles. The Labute approximate surface area is 115 Å². The van der Waals surface area contributed by atoms with Crippen molar-refractivity contribution in [3.8, 4) is 6.07 Å². The van der Waals surface area contributed by atoms with Gasteiger partial charge in [0.2, 0.25) is 0 Å². The van der Waals surface area contributed by atoms with Crippen LogP contribution in [0.3, 0.4) is 0 Å². The molecule has 2 fully saturated rings. The first-order valence-corrected chi connectivity index (χ1v) is 7.30. The molecule has 0 amide bonds. The molecular weight excluding hydrogens is 234 g/mol. The number of nitrogens with zero attached hydrogens (tertiary/aromatic N) is 2. The van der Waals surface area contributed by atoms with Crippen molar-refractivity contribution in [2.24, 2.45) is 0 Å². The van der Waals surface area contributed by atoms with E-state index in [1.165, 1.54) is 25.7 Å². The zero-order valence-electron chi connectivity index (χ0n) is 11.5. The first kappa shape index (κ1) is 12.5. The van der Waals surface area contributed by atoms with E-state index in [1.54, 1.807) is 0 Å². The molecular formula is C16H21N3. The molecule has 0 aromatic heterocycles. The topological polar surface area (TPSA) is 39.1 Å². The molecule has 3 nitrogen and oxygen atoms in total. The summed E-state index contributed by atoms with van der Waals surface area (Å²) in [5, 5.41) is 13.0. The summed E-state index contributed by atoms with van der Waals surface area (Å²) in [6, 6.07) is 9.79. The van der Waals surface area contributed by atoms with Gasteiger partial charge in [-0.3, -0.25) is 0 Å². The highest BCUT2D eigenvalue weighted by molar-refractivity contribution is 5.61. The Kier molecular flexibility index (Phi) is 3.44. The zero-order chi connectivity index (χ0) is 13.2. The van der Waals surface area contributed by atoms with Crippen LogP contribution < -0.4 is 10.2 Å². The third-order valence-corrected chi connectivity index (χ3v) is 4.44. The Balaban J connectivity index is 1.90. The van der Waals surface area contributed by atoms with E-state index in [0.717, 1.165) is 29.9 Å². The first-order chi connectivity index (χ1) is 9.29. The molecule has 19 heavy (non-hydrogen) atoms. The van der Waals surface area contributed by atoms with Gasteiger partial charge < -0.3 is 10.2 Å². The number of benzene rings is 1. The molecule has 1 aromatic rings. The van der Waals surface area contributed by atoms with Crippen LogP contribution in [0.1, 0.15) is 36.8 Å². The third kappa shape index (κ3) is 2.33. The molecule has 0 radical (unpaired) electrons. The summed E-state index contributed by atoms with van der Waals surface area (Å²) in [5.41, 5.74) is 3.12. The molecule has 2 saturated heterocycles. The van der Waals surface area contributed by atoms with Gasteiger partial charge in [0.1, 0.15) is 6.07 Å². The molecule has 2 unspecified atom stereocenters. The van der Waals surface area contributed by atoms with Gasteiger partial charge in [0.25, 0.3) is 0 Å². The fraction of sp³-hybridized carbons (Fsp3) is 0.562. The number of hydrogen-bond acceptors (Lipinski definition) is 3. The van der Waals surface area contributed by atoms with Crippen molar-refractivity contribution in [3.63, 3.8) is 0 Å². The van der Waals surface area contributed by atoms with Gasteiger partial charge in [-0.25, -0.2) is 0 Å². The lowest BCUT2D eigenvalue weighted by molar-refractivity contribution is 0.482. The van der Waals surface area contributed by atoms with Gasteiger partial charge in [-0.1, -0.05) is 6.07 Å². The molecule has 1 N–H and O–H groups in total. The summed E-state index contributed by atoms with van der Waals surface area (Å²) in [6.45, 7) is 4.28. The second-order valence-electron chi connectivity index (χ2n) is 5.74. The van der Waals surface area contributed by atoms with Gasteiger partial charge in [-0.15, -0.1) is 0 Å². The number of rotatable bonds is 2. The number of hydrogen-bond donors (Lipinski definition) is 1. The SMILES string of the molecule is Cc1ccc(N2CCCC2C2CCCN2)c(C#N)c1. The number of anilines is 1. The summed E-state index contributed by atoms with van der Waals surface area (Å²) in [6.07, 6.45) is 5.04. The van der Waals surface area contributed by atoms with Crippen molar-refractivity contribution in [2.45, 2.75) is 44.7 Å². The number of nitriles is 1. The first-order valence-electron chi connectivity index (χ1n) is 7.30. The summed E-state index contributed by atoms with van der Waals surface area (Å²) >= 11 is 0. The normalized spacial score (nSPS) is 26.6. The van der Waals surface area contributed by atoms with Gasteiger partial charge in [0.05, 0.1) is 11.3 Å². The highest BCUT2D eigenvalue weighted by Crippen LogP contribution is 2.32. The van der Waals surface area contributed by atoms with Gasteiger partial charge in [-0.2, -0.15) is 5.26 Å². The summed E-state index contributed by atoms with van der Waals surface area (Å²) < 4.78 is 0. The lowest BCUT2D eigenvalue weighted by Crippen LogP contribution is -2.44. The second kappa shape index (κ2) is 5.22. The van der Waals surface area contributed by atoms with Crippen LogP contribution in [0.4, 0.5) is 5.69 Å². The Hall–Kier alpha value is -1.53. The van der Waals surface area contributed by atoms with Crippen molar-refractivity contribution in [3.05, 3.63) is 29.3 Å². The highest BCUT2D eigenvalue weighted by Gasteiger charge is 2.34. The van der Waals surface area contributed by atoms with E-state index in [1.807, 2.05) is 13.0 Å². The van der Waals surface area contributed by atoms with E-state index in [0.29, 0.717) is 12.1 Å². The van der Waals surface area contributed by atoms with Gasteiger partial charge >= 0.3 is 0 Å². The fourth-order valence-corrected chi connectivity index (χ4v) is 3.54. The predicted octanol–water partition coefficient (Wildman–Crippen LogP) is 2.59. The Morgan fingerprint density at radius 2 is 2.21 bits per heavy atom. The maximum atomic E-state index is 9.36. The molecule has 0 aliphatic carbocycles. The Bertz CT molecular complexity index is 497. The Morgan fingerprint density at radius 3 is 2.95 bits per heavy atom. The van der Waals surface area contributed by atoms with Gasteiger partial charge in [0.15, 0.2) is 0 Å². The van der Waals surface area contributed by atoms with Crippen molar-refractivity contribution >= 4 is 5.69 Å². The minimum absolute atomic E-state index is 0.567. The number of nitrogens with one attached hydrogen (secondary N) is 1. The van der Waals surface area contributed by atoms with Crippen LogP contribution in [0.25, 0.3) is 0 Å². The number of aryl methyl sites for hydroxylation is 1. The standard InChI is InChI=1S/C16H21N3/c1-12-6-7-15(13(10-12)11-17)19-9-3-5-16(19)14-4-2-8-18-14/h6-7,10,14,16,18H,2-5,8-9H2,1H3. The Morgan fingerprint density at radius 1 is 1.32 bits per heavy atom. The molecule has 0 saturated carbocycles. The van der Waals surface area contributed by atoms with Crippen LogP contribution in [0.15, 0.2) is 18.2 Å². The molecule has 100 valence electrons. The van der Waals surface area contributed by atoms with Crippen molar-refractivity contribution < 1.29 is 0 Å². The quantitative estimate of drug-likeness (QED) is 0.883. The molecule has 0 spiro atoms. The van der Waals surface area contributed by atoms with Crippen LogP contribution in [-0.4, -0.2) is 25.2 Å². The second-order valence-corrected chi connectivity index (χ2v) is 5.74. The van der Waals surface area contributed by atoms with Crippen LogP contribution in [-0.2, 0) is 0 Å². The average Bonchev–Trinajstić information content (AvgIpc) is 3.08. The summed E-state index contributed by atoms with van der Waals surface area (Å²) in [5.74, 6) is 0. The molecule has 3 rings (SSSR count). The minimum Gasteiger partial charge on any atom is -0.366 e. The van der Waals surface area contributed by atoms with Crippen LogP contribution in [0.2, 0.25) is 0 Å². The van der Waals surface area contributed by atoms with Crippen LogP contribution in [0.5, 0.6) is 0 Å². The average molecular weight is 255 g/mol. The molecule has 2 aliphatic rings. The molecule has 2 aliphatic heterocycles. The predicted molar refractivity (Wildman–Crippen MR) is 77.3 cm³/mol. The van der Waals surface area contributed by atoms with E-state index in [4.69, 9.17) is 0 Å². The van der Waals surface area contributed by atoms with Crippen LogP contribution in [0, 0.1) is 18.3 Å². The van der Waals surface area contributed by atoms with E-state index >= 15 is 0 Å².